The van der Waals surface area contributed by atoms with E-state index < -0.39 is 0 Å². The van der Waals surface area contributed by atoms with Gasteiger partial charge < -0.3 is 4.42 Å². The van der Waals surface area contributed by atoms with E-state index in [-0.39, 0.29) is 0 Å². The van der Waals surface area contributed by atoms with Crippen molar-refractivity contribution < 1.29 is 4.42 Å². The predicted molar refractivity (Wildman–Crippen MR) is 48.6 cm³/mol. The van der Waals surface area contributed by atoms with E-state index in [4.69, 9.17) is 16.0 Å². The number of nitrogens with zero attached hydrogens (tertiary/aromatic N) is 2. The molecule has 0 bridgehead atoms. The van der Waals surface area contributed by atoms with Gasteiger partial charge in [0.1, 0.15) is 0 Å². The van der Waals surface area contributed by atoms with E-state index in [1.54, 1.807) is 0 Å². The van der Waals surface area contributed by atoms with Crippen LogP contribution in [0.5, 0.6) is 0 Å². The van der Waals surface area contributed by atoms with Crippen LogP contribution in [0.15, 0.2) is 35.1 Å². The smallest absolute Gasteiger partial charge is 0.220 e. The largest absolute Gasteiger partial charge is 0.428 e. The zero-order valence-electron chi connectivity index (χ0n) is 6.77. The van der Waals surface area contributed by atoms with Crippen molar-refractivity contribution in [3.63, 3.8) is 0 Å². The fourth-order valence-electron chi connectivity index (χ4n) is 1.08. The lowest BCUT2D eigenvalue weighted by molar-refractivity contribution is 0.505. The molecule has 2 aromatic rings. The summed E-state index contributed by atoms with van der Waals surface area (Å²) in [6.45, 7) is 0. The summed E-state index contributed by atoms with van der Waals surface area (Å²) in [5.41, 5.74) is 0.994. The third kappa shape index (κ3) is 1.87. The SMILES string of the molecule is Clc1ccccc1Cc1nnco1. The summed E-state index contributed by atoms with van der Waals surface area (Å²) in [5, 5.41) is 8.09. The number of hydrogen-bond acceptors (Lipinski definition) is 3. The number of hydrogen-bond donors (Lipinski definition) is 0. The van der Waals surface area contributed by atoms with Crippen LogP contribution >= 0.6 is 11.6 Å². The Hall–Kier alpha value is -1.35. The summed E-state index contributed by atoms with van der Waals surface area (Å²) in [6, 6.07) is 7.59. The molecule has 0 saturated carbocycles. The van der Waals surface area contributed by atoms with Crippen molar-refractivity contribution in [2.45, 2.75) is 6.42 Å². The van der Waals surface area contributed by atoms with Gasteiger partial charge in [0.2, 0.25) is 12.3 Å². The first-order valence-corrected chi connectivity index (χ1v) is 4.22. The summed E-state index contributed by atoms with van der Waals surface area (Å²) in [4.78, 5) is 0. The van der Waals surface area contributed by atoms with Gasteiger partial charge in [-0.05, 0) is 11.6 Å². The van der Waals surface area contributed by atoms with Gasteiger partial charge in [-0.2, -0.15) is 0 Å². The lowest BCUT2D eigenvalue weighted by Crippen LogP contribution is -1.89. The first-order valence-electron chi connectivity index (χ1n) is 3.85. The first kappa shape index (κ1) is 8.26. The van der Waals surface area contributed by atoms with Gasteiger partial charge in [-0.15, -0.1) is 10.2 Å². The highest BCUT2D eigenvalue weighted by Crippen LogP contribution is 2.17. The van der Waals surface area contributed by atoms with Crippen LogP contribution < -0.4 is 0 Å². The second-order valence-electron chi connectivity index (χ2n) is 2.60. The van der Waals surface area contributed by atoms with E-state index in [2.05, 4.69) is 10.2 Å². The maximum absolute atomic E-state index is 5.95. The zero-order chi connectivity index (χ0) is 9.10. The average molecular weight is 195 g/mol. The highest BCUT2D eigenvalue weighted by atomic mass is 35.5. The molecule has 0 spiro atoms. The molecule has 0 atom stereocenters. The molecule has 13 heavy (non-hydrogen) atoms. The molecule has 3 nitrogen and oxygen atoms in total. The molecule has 4 heteroatoms. The van der Waals surface area contributed by atoms with Crippen molar-refractivity contribution in [1.82, 2.24) is 10.2 Å². The highest BCUT2D eigenvalue weighted by molar-refractivity contribution is 6.31. The average Bonchev–Trinajstić information content (AvgIpc) is 2.61. The van der Waals surface area contributed by atoms with Gasteiger partial charge in [-0.1, -0.05) is 29.8 Å². The fourth-order valence-corrected chi connectivity index (χ4v) is 1.28. The van der Waals surface area contributed by atoms with E-state index in [9.17, 15) is 0 Å². The Morgan fingerprint density at radius 3 is 2.85 bits per heavy atom. The topological polar surface area (TPSA) is 38.9 Å². The number of halogens is 1. The molecule has 0 N–H and O–H groups in total. The number of rotatable bonds is 2. The molecule has 1 aromatic heterocycles. The maximum atomic E-state index is 5.95. The molecule has 0 aliphatic rings. The molecule has 0 aliphatic carbocycles. The summed E-state index contributed by atoms with van der Waals surface area (Å²) < 4.78 is 5.01. The van der Waals surface area contributed by atoms with Crippen LogP contribution in [0.1, 0.15) is 11.5 Å². The molecule has 0 radical (unpaired) electrons. The van der Waals surface area contributed by atoms with E-state index in [1.807, 2.05) is 24.3 Å². The van der Waals surface area contributed by atoms with Crippen LogP contribution in [-0.4, -0.2) is 10.2 Å². The fraction of sp³-hybridized carbons (Fsp3) is 0.111. The van der Waals surface area contributed by atoms with Crippen LogP contribution in [0.3, 0.4) is 0 Å². The summed E-state index contributed by atoms with van der Waals surface area (Å²) >= 11 is 5.95. The minimum Gasteiger partial charge on any atom is -0.428 e. The lowest BCUT2D eigenvalue weighted by atomic mass is 10.1. The van der Waals surface area contributed by atoms with Crippen molar-refractivity contribution in [3.05, 3.63) is 47.1 Å². The second-order valence-corrected chi connectivity index (χ2v) is 3.01. The maximum Gasteiger partial charge on any atom is 0.220 e. The Morgan fingerprint density at radius 1 is 1.31 bits per heavy atom. The monoisotopic (exact) mass is 194 g/mol. The van der Waals surface area contributed by atoms with Gasteiger partial charge in [0.05, 0.1) is 6.42 Å². The van der Waals surface area contributed by atoms with E-state index in [1.165, 1.54) is 6.39 Å². The molecular weight excluding hydrogens is 188 g/mol. The standard InChI is InChI=1S/C9H7ClN2O/c10-8-4-2-1-3-7(8)5-9-12-11-6-13-9/h1-4,6H,5H2. The first-order chi connectivity index (χ1) is 6.36. The minimum atomic E-state index is 0.577. The molecule has 2 rings (SSSR count). The summed E-state index contributed by atoms with van der Waals surface area (Å²) in [5.74, 6) is 0.577. The quantitative estimate of drug-likeness (QED) is 0.737. The Labute approximate surface area is 80.4 Å². The Balaban J connectivity index is 2.24. The minimum absolute atomic E-state index is 0.577. The van der Waals surface area contributed by atoms with Crippen molar-refractivity contribution in [2.75, 3.05) is 0 Å². The van der Waals surface area contributed by atoms with Crippen LogP contribution in [0.2, 0.25) is 5.02 Å². The molecule has 0 saturated heterocycles. The van der Waals surface area contributed by atoms with Gasteiger partial charge in [0, 0.05) is 5.02 Å². The third-order valence-electron chi connectivity index (χ3n) is 1.70. The molecule has 1 heterocycles. The lowest BCUT2D eigenvalue weighted by Gasteiger charge is -1.98. The van der Waals surface area contributed by atoms with Crippen molar-refractivity contribution in [1.29, 1.82) is 0 Å². The highest BCUT2D eigenvalue weighted by Gasteiger charge is 2.03. The number of benzene rings is 1. The van der Waals surface area contributed by atoms with E-state index in [0.717, 1.165) is 10.6 Å². The van der Waals surface area contributed by atoms with Gasteiger partial charge in [0.25, 0.3) is 0 Å². The molecule has 1 aromatic carbocycles. The third-order valence-corrected chi connectivity index (χ3v) is 2.07. The van der Waals surface area contributed by atoms with E-state index in [0.29, 0.717) is 12.3 Å². The second kappa shape index (κ2) is 3.58. The van der Waals surface area contributed by atoms with Gasteiger partial charge in [-0.3, -0.25) is 0 Å². The van der Waals surface area contributed by atoms with Crippen molar-refractivity contribution in [3.8, 4) is 0 Å². The Kier molecular flexibility index (Phi) is 2.27. The predicted octanol–water partition coefficient (Wildman–Crippen LogP) is 2.31. The molecular formula is C9H7ClN2O. The van der Waals surface area contributed by atoms with Gasteiger partial charge in [-0.25, -0.2) is 0 Å². The molecule has 0 unspecified atom stereocenters. The summed E-state index contributed by atoms with van der Waals surface area (Å²) in [7, 11) is 0. The summed E-state index contributed by atoms with van der Waals surface area (Å²) in [6.07, 6.45) is 1.89. The zero-order valence-corrected chi connectivity index (χ0v) is 7.53. The van der Waals surface area contributed by atoms with Crippen LogP contribution in [-0.2, 0) is 6.42 Å². The van der Waals surface area contributed by atoms with E-state index >= 15 is 0 Å². The molecule has 0 aliphatic heterocycles. The molecule has 66 valence electrons. The molecule has 0 fully saturated rings. The Bertz CT molecular complexity index is 386. The van der Waals surface area contributed by atoms with Crippen molar-refractivity contribution in [2.24, 2.45) is 0 Å². The Morgan fingerprint density at radius 2 is 2.15 bits per heavy atom. The van der Waals surface area contributed by atoms with Gasteiger partial charge >= 0.3 is 0 Å². The molecule has 0 amide bonds. The van der Waals surface area contributed by atoms with Crippen LogP contribution in [0.25, 0.3) is 0 Å². The number of aromatic nitrogens is 2. The normalized spacial score (nSPS) is 10.2. The van der Waals surface area contributed by atoms with Crippen LogP contribution in [0.4, 0.5) is 0 Å². The van der Waals surface area contributed by atoms with Crippen molar-refractivity contribution >= 4 is 11.6 Å². The van der Waals surface area contributed by atoms with Gasteiger partial charge in [0.15, 0.2) is 0 Å². The van der Waals surface area contributed by atoms with Crippen LogP contribution in [0, 0.1) is 0 Å².